The Balaban J connectivity index is 0. The zero-order valence-electron chi connectivity index (χ0n) is 7.89. The van der Waals surface area contributed by atoms with Gasteiger partial charge in [0.1, 0.15) is 0 Å². The van der Waals surface area contributed by atoms with Gasteiger partial charge in [0.25, 0.3) is 0 Å². The van der Waals surface area contributed by atoms with E-state index in [1.54, 1.807) is 0 Å². The molecule has 0 fully saturated rings. The van der Waals surface area contributed by atoms with Crippen LogP contribution in [0.3, 0.4) is 0 Å². The predicted octanol–water partition coefficient (Wildman–Crippen LogP) is 3.24. The molecule has 0 unspecified atom stereocenters. The van der Waals surface area contributed by atoms with Crippen LogP contribution in [0.25, 0.3) is 0 Å². The van der Waals surface area contributed by atoms with Gasteiger partial charge in [-0.05, 0) is 0 Å². The molecule has 12 heavy (non-hydrogen) atoms. The van der Waals surface area contributed by atoms with Crippen molar-refractivity contribution < 1.29 is 23.9 Å². The second-order valence-electron chi connectivity index (χ2n) is 2.72. The van der Waals surface area contributed by atoms with E-state index in [-0.39, 0.29) is 25.3 Å². The van der Waals surface area contributed by atoms with Gasteiger partial charge in [0.2, 0.25) is 0 Å². The van der Waals surface area contributed by atoms with Crippen molar-refractivity contribution in [2.45, 2.75) is 20.8 Å². The van der Waals surface area contributed by atoms with E-state index in [2.05, 4.69) is 26.8 Å². The summed E-state index contributed by atoms with van der Waals surface area (Å²) in [5.74, 6) is 1.21. The van der Waals surface area contributed by atoms with E-state index in [0.717, 1.165) is 0 Å². The molecule has 0 aliphatic heterocycles. The van der Waals surface area contributed by atoms with Crippen molar-refractivity contribution in [2.24, 2.45) is 0 Å². The van der Waals surface area contributed by atoms with E-state index in [0.29, 0.717) is 0 Å². The Labute approximate surface area is 86.9 Å². The third-order valence-electron chi connectivity index (χ3n) is 0.678. The van der Waals surface area contributed by atoms with Gasteiger partial charge in [-0.3, -0.25) is 0 Å². The van der Waals surface area contributed by atoms with E-state index in [9.17, 15) is 4.39 Å². The van der Waals surface area contributed by atoms with Crippen LogP contribution in [-0.4, -0.2) is 0 Å². The molecule has 0 N–H and O–H groups in total. The van der Waals surface area contributed by atoms with Crippen molar-refractivity contribution in [3.05, 3.63) is 42.1 Å². The van der Waals surface area contributed by atoms with Crippen LogP contribution in [0.15, 0.2) is 24.3 Å². The summed E-state index contributed by atoms with van der Waals surface area (Å²) < 4.78 is 11.9. The SMILES string of the molecule is C[C-](C)C.Fc1cc[c-]cc1.[Zn+2]. The fourth-order valence-electron chi connectivity index (χ4n) is 0.367. The van der Waals surface area contributed by atoms with E-state index < -0.39 is 0 Å². The minimum absolute atomic E-state index is 0. The predicted molar refractivity (Wildman–Crippen MR) is 45.5 cm³/mol. The Morgan fingerprint density at radius 2 is 1.50 bits per heavy atom. The molecule has 0 amide bonds. The van der Waals surface area contributed by atoms with Gasteiger partial charge in [0.05, 0.1) is 0 Å². The molecule has 0 nitrogen and oxygen atoms in total. The molecule has 62 valence electrons. The third kappa shape index (κ3) is 12.4. The summed E-state index contributed by atoms with van der Waals surface area (Å²) in [6.07, 6.45) is 0. The summed E-state index contributed by atoms with van der Waals surface area (Å²) in [7, 11) is 0. The second-order valence-corrected chi connectivity index (χ2v) is 2.72. The smallest absolute Gasteiger partial charge is 0.323 e. The zero-order valence-corrected chi connectivity index (χ0v) is 10.9. The van der Waals surface area contributed by atoms with Gasteiger partial charge in [-0.1, -0.05) is 0 Å². The summed E-state index contributed by atoms with van der Waals surface area (Å²) in [4.78, 5) is 0. The van der Waals surface area contributed by atoms with E-state index >= 15 is 0 Å². The number of benzene rings is 1. The standard InChI is InChI=1S/C6H4F.C4H9.Zn/c7-6-4-2-1-3-5-6;1-4(2)3;/h2-5H;1-3H3;/q2*-1;+2. The molecule has 0 atom stereocenters. The maximum Gasteiger partial charge on any atom is 2.00 e. The summed E-state index contributed by atoms with van der Waals surface area (Å²) in [5, 5.41) is 0. The van der Waals surface area contributed by atoms with E-state index in [4.69, 9.17) is 0 Å². The number of hydrogen-bond acceptors (Lipinski definition) is 0. The van der Waals surface area contributed by atoms with Crippen LogP contribution in [0.4, 0.5) is 4.39 Å². The van der Waals surface area contributed by atoms with Gasteiger partial charge in [-0.15, -0.1) is 12.1 Å². The van der Waals surface area contributed by atoms with Crippen molar-refractivity contribution in [1.82, 2.24) is 0 Å². The largest absolute Gasteiger partial charge is 2.00 e. The fourth-order valence-corrected chi connectivity index (χ4v) is 0.367. The molecule has 1 aromatic carbocycles. The Hall–Kier alpha value is -0.227. The molecule has 0 bridgehead atoms. The Bertz CT molecular complexity index is 170. The molecule has 1 rings (SSSR count). The molecule has 0 heterocycles. The van der Waals surface area contributed by atoms with Crippen molar-refractivity contribution >= 4 is 0 Å². The number of halogens is 1. The van der Waals surface area contributed by atoms with Crippen LogP contribution in [-0.2, 0) is 19.5 Å². The molecular formula is C10H13FZn. The van der Waals surface area contributed by atoms with Gasteiger partial charge in [0.15, 0.2) is 0 Å². The van der Waals surface area contributed by atoms with Crippen LogP contribution in [0.2, 0.25) is 0 Å². The van der Waals surface area contributed by atoms with Crippen LogP contribution in [0.1, 0.15) is 20.8 Å². The monoisotopic (exact) mass is 216 g/mol. The maximum absolute atomic E-state index is 11.9. The molecule has 0 aliphatic carbocycles. The average molecular weight is 218 g/mol. The van der Waals surface area contributed by atoms with Gasteiger partial charge >= 0.3 is 19.5 Å². The zero-order chi connectivity index (χ0) is 8.69. The van der Waals surface area contributed by atoms with Crippen molar-refractivity contribution in [1.29, 1.82) is 0 Å². The average Bonchev–Trinajstić information content (AvgIpc) is 1.87. The first kappa shape index (κ1) is 14.3. The number of hydrogen-bond donors (Lipinski definition) is 0. The minimum atomic E-state index is -0.209. The van der Waals surface area contributed by atoms with Crippen LogP contribution >= 0.6 is 0 Å². The summed E-state index contributed by atoms with van der Waals surface area (Å²) in [6.45, 7) is 6.25. The molecule has 0 saturated heterocycles. The van der Waals surface area contributed by atoms with Crippen molar-refractivity contribution in [3.63, 3.8) is 0 Å². The van der Waals surface area contributed by atoms with Gasteiger partial charge < -0.3 is 5.92 Å². The van der Waals surface area contributed by atoms with Gasteiger partial charge in [-0.2, -0.15) is 39.0 Å². The summed E-state index contributed by atoms with van der Waals surface area (Å²) in [5.41, 5.74) is 0. The first-order chi connectivity index (χ1) is 5.13. The van der Waals surface area contributed by atoms with Gasteiger partial charge in [0, 0.05) is 5.82 Å². The summed E-state index contributed by atoms with van der Waals surface area (Å²) in [6, 6.07) is 8.49. The first-order valence-corrected chi connectivity index (χ1v) is 3.51. The molecule has 0 spiro atoms. The van der Waals surface area contributed by atoms with Crippen molar-refractivity contribution in [3.8, 4) is 0 Å². The number of rotatable bonds is 0. The Morgan fingerprint density at radius 3 is 1.67 bits per heavy atom. The quantitative estimate of drug-likeness (QED) is 0.462. The topological polar surface area (TPSA) is 0 Å². The first-order valence-electron chi connectivity index (χ1n) is 3.51. The Morgan fingerprint density at radius 1 is 1.17 bits per heavy atom. The molecule has 2 heteroatoms. The molecule has 1 aromatic rings. The molecule has 0 radical (unpaired) electrons. The maximum atomic E-state index is 11.9. The van der Waals surface area contributed by atoms with E-state index in [1.807, 2.05) is 0 Å². The molecule has 0 saturated carbocycles. The van der Waals surface area contributed by atoms with Crippen LogP contribution in [0.5, 0.6) is 0 Å². The molecule has 0 aromatic heterocycles. The summed E-state index contributed by atoms with van der Waals surface area (Å²) >= 11 is 0. The van der Waals surface area contributed by atoms with Crippen molar-refractivity contribution in [2.75, 3.05) is 0 Å². The Kier molecular flexibility index (Phi) is 10.6. The molecule has 0 aliphatic rings. The fraction of sp³-hybridized carbons (Fsp3) is 0.300. The second kappa shape index (κ2) is 8.87. The minimum Gasteiger partial charge on any atom is -0.323 e. The normalized spacial score (nSPS) is 8.08. The van der Waals surface area contributed by atoms with Crippen LogP contribution < -0.4 is 0 Å². The van der Waals surface area contributed by atoms with Gasteiger partial charge in [-0.25, -0.2) is 4.39 Å². The van der Waals surface area contributed by atoms with Crippen LogP contribution in [0, 0.1) is 17.8 Å². The van der Waals surface area contributed by atoms with E-state index in [1.165, 1.54) is 30.2 Å². The molecular weight excluding hydrogens is 204 g/mol. The third-order valence-corrected chi connectivity index (χ3v) is 0.678.